The monoisotopic (exact) mass is 441 g/mol. The van der Waals surface area contributed by atoms with E-state index in [1.54, 1.807) is 17.0 Å². The number of fused-ring (bicyclic) bond motifs is 1. The molecule has 170 valence electrons. The number of hydrogen-bond donors (Lipinski definition) is 1. The van der Waals surface area contributed by atoms with Gasteiger partial charge in [0.1, 0.15) is 0 Å². The molecule has 1 heterocycles. The molecule has 1 aliphatic rings. The fourth-order valence-corrected chi connectivity index (χ4v) is 4.76. The van der Waals surface area contributed by atoms with Gasteiger partial charge in [0.25, 0.3) is 5.91 Å². The molecule has 0 saturated heterocycles. The second-order valence-corrected chi connectivity index (χ2v) is 10.1. The van der Waals surface area contributed by atoms with Crippen LogP contribution in [0.3, 0.4) is 0 Å². The molecular weight excluding hydrogens is 410 g/mol. The highest BCUT2D eigenvalue weighted by molar-refractivity contribution is 6.11. The third-order valence-electron chi connectivity index (χ3n) is 6.52. The minimum absolute atomic E-state index is 0.0341. The number of hydrogen-bond acceptors (Lipinski definition) is 3. The molecular formula is C29H31NO3. The van der Waals surface area contributed by atoms with Gasteiger partial charge in [-0.3, -0.25) is 9.59 Å². The lowest BCUT2D eigenvalue weighted by Crippen LogP contribution is -2.41. The van der Waals surface area contributed by atoms with Crippen molar-refractivity contribution in [2.24, 2.45) is 0 Å². The van der Waals surface area contributed by atoms with E-state index >= 15 is 0 Å². The summed E-state index contributed by atoms with van der Waals surface area (Å²) in [7, 11) is 0. The van der Waals surface area contributed by atoms with E-state index in [1.165, 1.54) is 0 Å². The highest BCUT2D eigenvalue weighted by Gasteiger charge is 2.51. The van der Waals surface area contributed by atoms with Crippen LogP contribution >= 0.6 is 0 Å². The number of aryl methyl sites for hydroxylation is 2. The molecule has 0 spiro atoms. The average Bonchev–Trinajstić information content (AvgIpc) is 2.95. The van der Waals surface area contributed by atoms with Crippen LogP contribution in [0.15, 0.2) is 66.7 Å². The van der Waals surface area contributed by atoms with Gasteiger partial charge in [0.2, 0.25) is 0 Å². The topological polar surface area (TPSA) is 57.6 Å². The number of carbonyl (C=O) groups is 2. The Morgan fingerprint density at radius 2 is 1.52 bits per heavy atom. The molecule has 1 N–H and O–H groups in total. The van der Waals surface area contributed by atoms with E-state index in [0.29, 0.717) is 23.4 Å². The van der Waals surface area contributed by atoms with Crippen LogP contribution < -0.4 is 4.90 Å². The minimum atomic E-state index is -1.88. The maximum Gasteiger partial charge on any atom is 0.264 e. The van der Waals surface area contributed by atoms with Crippen molar-refractivity contribution in [2.75, 3.05) is 4.90 Å². The highest BCUT2D eigenvalue weighted by Crippen LogP contribution is 2.44. The van der Waals surface area contributed by atoms with Gasteiger partial charge in [-0.25, -0.2) is 0 Å². The Bertz CT molecular complexity index is 1200. The number of amides is 1. The van der Waals surface area contributed by atoms with Crippen LogP contribution in [0.1, 0.15) is 65.4 Å². The number of anilines is 1. The SMILES string of the molecule is Cc1cc(C(C)(C)C)cc(C)c1C(=O)C[C@]1(O)C(=O)N(Cc2ccccc2)c2ccccc21. The number of rotatable bonds is 5. The molecule has 0 fully saturated rings. The molecule has 4 heteroatoms. The lowest BCUT2D eigenvalue weighted by Gasteiger charge is -2.25. The number of para-hydroxylation sites is 1. The van der Waals surface area contributed by atoms with E-state index in [0.717, 1.165) is 22.3 Å². The lowest BCUT2D eigenvalue weighted by atomic mass is 9.81. The van der Waals surface area contributed by atoms with Crippen LogP contribution in [0, 0.1) is 13.8 Å². The van der Waals surface area contributed by atoms with Crippen molar-refractivity contribution in [3.8, 4) is 0 Å². The summed E-state index contributed by atoms with van der Waals surface area (Å²) in [4.78, 5) is 28.6. The van der Waals surface area contributed by atoms with Gasteiger partial charge in [0.05, 0.1) is 18.7 Å². The quantitative estimate of drug-likeness (QED) is 0.524. The van der Waals surface area contributed by atoms with Crippen LogP contribution in [0.25, 0.3) is 0 Å². The van der Waals surface area contributed by atoms with E-state index in [4.69, 9.17) is 0 Å². The largest absolute Gasteiger partial charge is 0.375 e. The third-order valence-corrected chi connectivity index (χ3v) is 6.52. The summed E-state index contributed by atoms with van der Waals surface area (Å²) in [5.41, 5.74) is 3.66. The van der Waals surface area contributed by atoms with E-state index in [1.807, 2.05) is 68.4 Å². The van der Waals surface area contributed by atoms with Crippen molar-refractivity contribution in [3.63, 3.8) is 0 Å². The Morgan fingerprint density at radius 1 is 0.939 bits per heavy atom. The summed E-state index contributed by atoms with van der Waals surface area (Å²) < 4.78 is 0. The number of Topliss-reactive ketones (excluding diaryl/α,β-unsaturated/α-hetero) is 1. The van der Waals surface area contributed by atoms with Gasteiger partial charge in [-0.2, -0.15) is 0 Å². The molecule has 33 heavy (non-hydrogen) atoms. The molecule has 1 aliphatic heterocycles. The smallest absolute Gasteiger partial charge is 0.264 e. The molecule has 4 nitrogen and oxygen atoms in total. The van der Waals surface area contributed by atoms with Gasteiger partial charge in [-0.1, -0.05) is 81.4 Å². The molecule has 0 radical (unpaired) electrons. The fraction of sp³-hybridized carbons (Fsp3) is 0.310. The average molecular weight is 442 g/mol. The summed E-state index contributed by atoms with van der Waals surface area (Å²) in [6.07, 6.45) is -0.287. The zero-order valence-corrected chi connectivity index (χ0v) is 20.0. The van der Waals surface area contributed by atoms with Gasteiger partial charge < -0.3 is 10.0 Å². The molecule has 0 aromatic heterocycles. The van der Waals surface area contributed by atoms with Crippen molar-refractivity contribution in [3.05, 3.63) is 100 Å². The van der Waals surface area contributed by atoms with Gasteiger partial charge in [0.15, 0.2) is 11.4 Å². The number of carbonyl (C=O) groups excluding carboxylic acids is 2. The summed E-state index contributed by atoms with van der Waals surface area (Å²) in [6, 6.07) is 20.9. The Balaban J connectivity index is 1.69. The zero-order chi connectivity index (χ0) is 24.0. The molecule has 0 aliphatic carbocycles. The Kier molecular flexibility index (Phi) is 5.75. The molecule has 3 aromatic carbocycles. The van der Waals surface area contributed by atoms with Crippen molar-refractivity contribution in [1.82, 2.24) is 0 Å². The molecule has 0 saturated carbocycles. The van der Waals surface area contributed by atoms with Gasteiger partial charge in [0, 0.05) is 11.1 Å². The zero-order valence-electron chi connectivity index (χ0n) is 20.0. The second kappa shape index (κ2) is 8.27. The van der Waals surface area contributed by atoms with Crippen molar-refractivity contribution >= 4 is 17.4 Å². The number of benzene rings is 3. The van der Waals surface area contributed by atoms with Crippen LogP contribution in [0.2, 0.25) is 0 Å². The maximum atomic E-state index is 13.5. The van der Waals surface area contributed by atoms with Crippen molar-refractivity contribution in [1.29, 1.82) is 0 Å². The second-order valence-electron chi connectivity index (χ2n) is 10.1. The van der Waals surface area contributed by atoms with Crippen LogP contribution in [-0.2, 0) is 22.4 Å². The van der Waals surface area contributed by atoms with Crippen LogP contribution in [0.4, 0.5) is 5.69 Å². The molecule has 3 aromatic rings. The number of aliphatic hydroxyl groups is 1. The summed E-state index contributed by atoms with van der Waals surface area (Å²) in [6.45, 7) is 10.6. The van der Waals surface area contributed by atoms with Crippen molar-refractivity contribution < 1.29 is 14.7 Å². The Labute approximate surface area is 195 Å². The first-order valence-corrected chi connectivity index (χ1v) is 11.3. The standard InChI is InChI=1S/C29H31NO3/c1-19-15-22(28(3,4)5)16-20(2)26(19)25(31)17-29(33)23-13-9-10-14-24(23)30(27(29)32)18-21-11-7-6-8-12-21/h6-16,33H,17-18H2,1-5H3/t29-/m1/s1. The summed E-state index contributed by atoms with van der Waals surface area (Å²) >= 11 is 0. The van der Waals surface area contributed by atoms with Gasteiger partial charge in [-0.15, -0.1) is 0 Å². The maximum absolute atomic E-state index is 13.5. The highest BCUT2D eigenvalue weighted by atomic mass is 16.3. The normalized spacial score (nSPS) is 17.9. The van der Waals surface area contributed by atoms with Gasteiger partial charge in [-0.05, 0) is 47.6 Å². The van der Waals surface area contributed by atoms with Crippen LogP contribution in [0.5, 0.6) is 0 Å². The molecule has 0 bridgehead atoms. The van der Waals surface area contributed by atoms with Gasteiger partial charge >= 0.3 is 0 Å². The Morgan fingerprint density at radius 3 is 2.12 bits per heavy atom. The van der Waals surface area contributed by atoms with E-state index in [2.05, 4.69) is 20.8 Å². The Hall–Kier alpha value is -3.24. The number of ketones is 1. The first-order valence-electron chi connectivity index (χ1n) is 11.3. The first-order chi connectivity index (χ1) is 15.5. The molecule has 1 atom stereocenters. The van der Waals surface area contributed by atoms with E-state index < -0.39 is 11.5 Å². The van der Waals surface area contributed by atoms with E-state index in [9.17, 15) is 14.7 Å². The molecule has 4 rings (SSSR count). The predicted molar refractivity (Wildman–Crippen MR) is 132 cm³/mol. The predicted octanol–water partition coefficient (Wildman–Crippen LogP) is 5.61. The van der Waals surface area contributed by atoms with Crippen molar-refractivity contribution in [2.45, 2.75) is 58.6 Å². The van der Waals surface area contributed by atoms with Crippen LogP contribution in [-0.4, -0.2) is 16.8 Å². The van der Waals surface area contributed by atoms with E-state index in [-0.39, 0.29) is 17.6 Å². The lowest BCUT2D eigenvalue weighted by molar-refractivity contribution is -0.136. The first kappa shape index (κ1) is 22.9. The summed E-state index contributed by atoms with van der Waals surface area (Å²) in [5.74, 6) is -0.680. The fourth-order valence-electron chi connectivity index (χ4n) is 4.76. The summed E-state index contributed by atoms with van der Waals surface area (Å²) in [5, 5.41) is 11.6. The third kappa shape index (κ3) is 4.11. The molecule has 0 unspecified atom stereocenters. The molecule has 1 amide bonds. The number of nitrogens with zero attached hydrogens (tertiary/aromatic N) is 1. The minimum Gasteiger partial charge on any atom is -0.375 e.